The number of unbranched alkanes of at least 4 members (excludes halogenated alkanes) is 2. The highest BCUT2D eigenvalue weighted by molar-refractivity contribution is 8.13. The normalized spacial score (nSPS) is 12.1. The van der Waals surface area contributed by atoms with Crippen LogP contribution < -0.4 is 5.32 Å². The number of nitrogens with one attached hydrogen (secondary N) is 1. The topological polar surface area (TPSA) is 52.1 Å². The zero-order valence-corrected chi connectivity index (χ0v) is 20.1. The minimum absolute atomic E-state index is 0. The van der Waals surface area contributed by atoms with Crippen LogP contribution in [0.25, 0.3) is 0 Å². The summed E-state index contributed by atoms with van der Waals surface area (Å²) in [7, 11) is -2.50. The summed E-state index contributed by atoms with van der Waals surface area (Å²) in [6.07, 6.45) is 5.73. The third kappa shape index (κ3) is 14.3. The summed E-state index contributed by atoms with van der Waals surface area (Å²) >= 11 is 1.81. The van der Waals surface area contributed by atoms with E-state index in [1.54, 1.807) is 0 Å². The molecule has 0 unspecified atom stereocenters. The Morgan fingerprint density at radius 2 is 1.46 bits per heavy atom. The molecule has 0 aromatic heterocycles. The molecule has 0 aliphatic carbocycles. The Labute approximate surface area is 173 Å². The maximum absolute atomic E-state index is 5.92. The fraction of sp³-hybridized carbons (Fsp3) is 0.944. The van der Waals surface area contributed by atoms with E-state index in [9.17, 15) is 0 Å². The SMILES string of the molecule is CCCCN=C(NCCCC)SCCC[Si](OCC)(OCC)OCC.Cl. The quantitative estimate of drug-likeness (QED) is 0.160. The number of hydrogen-bond acceptors (Lipinski definition) is 5. The Hall–Kier alpha value is 0.207. The molecule has 0 saturated carbocycles. The Balaban J connectivity index is 0. The van der Waals surface area contributed by atoms with Gasteiger partial charge >= 0.3 is 8.80 Å². The van der Waals surface area contributed by atoms with Gasteiger partial charge in [-0.2, -0.15) is 0 Å². The summed E-state index contributed by atoms with van der Waals surface area (Å²) < 4.78 is 17.7. The number of amidine groups is 1. The monoisotopic (exact) mass is 428 g/mol. The van der Waals surface area contributed by atoms with E-state index >= 15 is 0 Å². The van der Waals surface area contributed by atoms with Gasteiger partial charge in [0.05, 0.1) is 0 Å². The largest absolute Gasteiger partial charge is 0.500 e. The molecule has 1 N–H and O–H groups in total. The Morgan fingerprint density at radius 3 is 1.96 bits per heavy atom. The van der Waals surface area contributed by atoms with E-state index in [1.165, 1.54) is 19.3 Å². The summed E-state index contributed by atoms with van der Waals surface area (Å²) in [6, 6.07) is 0.868. The molecule has 0 radical (unpaired) electrons. The summed E-state index contributed by atoms with van der Waals surface area (Å²) in [6.45, 7) is 14.3. The van der Waals surface area contributed by atoms with Crippen molar-refractivity contribution >= 4 is 38.1 Å². The van der Waals surface area contributed by atoms with Gasteiger partial charge in [-0.3, -0.25) is 4.99 Å². The summed E-state index contributed by atoms with van der Waals surface area (Å²) in [5.74, 6) is 1.01. The van der Waals surface area contributed by atoms with Gasteiger partial charge in [-0.15, -0.1) is 12.4 Å². The summed E-state index contributed by atoms with van der Waals surface area (Å²) in [5.41, 5.74) is 0. The second kappa shape index (κ2) is 20.0. The van der Waals surface area contributed by atoms with Gasteiger partial charge < -0.3 is 18.6 Å². The third-order valence-electron chi connectivity index (χ3n) is 3.53. The van der Waals surface area contributed by atoms with Crippen molar-refractivity contribution < 1.29 is 13.3 Å². The first-order valence-corrected chi connectivity index (χ1v) is 12.9. The highest BCUT2D eigenvalue weighted by Gasteiger charge is 2.39. The lowest BCUT2D eigenvalue weighted by molar-refractivity contribution is 0.0712. The van der Waals surface area contributed by atoms with Crippen LogP contribution in [0.4, 0.5) is 0 Å². The number of aliphatic imine (C=N–C) groups is 1. The van der Waals surface area contributed by atoms with Gasteiger partial charge in [0.15, 0.2) is 5.17 Å². The van der Waals surface area contributed by atoms with Crippen molar-refractivity contribution in [1.82, 2.24) is 5.32 Å². The molecule has 0 atom stereocenters. The summed E-state index contributed by atoms with van der Waals surface area (Å²) in [4.78, 5) is 4.71. The molecule has 26 heavy (non-hydrogen) atoms. The molecule has 8 heteroatoms. The highest BCUT2D eigenvalue weighted by Crippen LogP contribution is 2.20. The summed E-state index contributed by atoms with van der Waals surface area (Å²) in [5, 5.41) is 4.57. The third-order valence-corrected chi connectivity index (χ3v) is 7.72. The van der Waals surface area contributed by atoms with E-state index in [1.807, 2.05) is 32.5 Å². The number of halogens is 1. The average molecular weight is 429 g/mol. The molecule has 0 saturated heterocycles. The van der Waals surface area contributed by atoms with Crippen LogP contribution in [0.2, 0.25) is 6.04 Å². The van der Waals surface area contributed by atoms with Crippen molar-refractivity contribution in [3.63, 3.8) is 0 Å². The zero-order chi connectivity index (χ0) is 18.8. The predicted octanol–water partition coefficient (Wildman–Crippen LogP) is 5.13. The van der Waals surface area contributed by atoms with E-state index in [4.69, 9.17) is 18.3 Å². The lowest BCUT2D eigenvalue weighted by Crippen LogP contribution is -2.46. The average Bonchev–Trinajstić information content (AvgIpc) is 2.59. The predicted molar refractivity (Wildman–Crippen MR) is 120 cm³/mol. The van der Waals surface area contributed by atoms with Gasteiger partial charge in [0.25, 0.3) is 0 Å². The molecular formula is C18H41ClN2O3SSi. The molecule has 0 rings (SSSR count). The van der Waals surface area contributed by atoms with Gasteiger partial charge in [-0.25, -0.2) is 0 Å². The van der Waals surface area contributed by atoms with Crippen LogP contribution in [0.1, 0.15) is 66.7 Å². The minimum atomic E-state index is -2.50. The number of rotatable bonds is 16. The molecule has 0 aromatic rings. The maximum Gasteiger partial charge on any atom is 0.500 e. The fourth-order valence-electron chi connectivity index (χ4n) is 2.32. The zero-order valence-electron chi connectivity index (χ0n) is 17.5. The Bertz CT molecular complexity index is 323. The number of thioether (sulfide) groups is 1. The molecular weight excluding hydrogens is 388 g/mol. The Kier molecular flexibility index (Phi) is 21.8. The molecule has 0 aliphatic heterocycles. The van der Waals surface area contributed by atoms with Crippen LogP contribution in [0.15, 0.2) is 4.99 Å². The van der Waals surface area contributed by atoms with Crippen molar-refractivity contribution in [3.8, 4) is 0 Å². The van der Waals surface area contributed by atoms with E-state index in [0.717, 1.165) is 42.9 Å². The van der Waals surface area contributed by atoms with Crippen molar-refractivity contribution in [3.05, 3.63) is 0 Å². The van der Waals surface area contributed by atoms with Crippen LogP contribution in [-0.4, -0.2) is 52.6 Å². The smallest absolute Gasteiger partial charge is 0.374 e. The molecule has 5 nitrogen and oxygen atoms in total. The van der Waals surface area contributed by atoms with E-state index in [-0.39, 0.29) is 12.4 Å². The standard InChI is InChI=1S/C18H40N2O3SSi.ClH/c1-6-11-14-19-18(20-15-12-7-2)24-16-13-17-25(21-8-3,22-9-4)23-10-5;/h6-17H2,1-5H3,(H,19,20);1H. The van der Waals surface area contributed by atoms with Gasteiger partial charge in [0, 0.05) is 44.7 Å². The fourth-order valence-corrected chi connectivity index (χ4v) is 6.06. The van der Waals surface area contributed by atoms with Crippen molar-refractivity contribution in [2.24, 2.45) is 4.99 Å². The molecule has 0 heterocycles. The van der Waals surface area contributed by atoms with Crippen LogP contribution in [0.5, 0.6) is 0 Å². The van der Waals surface area contributed by atoms with Gasteiger partial charge in [-0.05, 0) is 40.0 Å². The first-order chi connectivity index (χ1) is 12.2. The molecule has 0 bridgehead atoms. The van der Waals surface area contributed by atoms with E-state index < -0.39 is 8.80 Å². The second-order valence-electron chi connectivity index (χ2n) is 5.75. The van der Waals surface area contributed by atoms with E-state index in [2.05, 4.69) is 19.2 Å². The maximum atomic E-state index is 5.92. The lowest BCUT2D eigenvalue weighted by atomic mass is 10.3. The van der Waals surface area contributed by atoms with Gasteiger partial charge in [0.2, 0.25) is 0 Å². The molecule has 0 spiro atoms. The Morgan fingerprint density at radius 1 is 0.885 bits per heavy atom. The van der Waals surface area contributed by atoms with Crippen LogP contribution >= 0.6 is 24.2 Å². The lowest BCUT2D eigenvalue weighted by Gasteiger charge is -2.28. The number of nitrogens with zero attached hydrogens (tertiary/aromatic N) is 1. The first kappa shape index (κ1) is 28.4. The van der Waals surface area contributed by atoms with Gasteiger partial charge in [0.1, 0.15) is 0 Å². The van der Waals surface area contributed by atoms with Crippen LogP contribution in [0.3, 0.4) is 0 Å². The molecule has 0 aliphatic rings. The number of hydrogen-bond donors (Lipinski definition) is 1. The van der Waals surface area contributed by atoms with Crippen molar-refractivity contribution in [2.75, 3.05) is 38.7 Å². The minimum Gasteiger partial charge on any atom is -0.374 e. The van der Waals surface area contributed by atoms with Crippen molar-refractivity contribution in [2.45, 2.75) is 72.8 Å². The second-order valence-corrected chi connectivity index (χ2v) is 9.57. The molecule has 0 amide bonds. The highest BCUT2D eigenvalue weighted by atomic mass is 35.5. The van der Waals surface area contributed by atoms with Gasteiger partial charge in [-0.1, -0.05) is 38.5 Å². The van der Waals surface area contributed by atoms with Crippen LogP contribution in [0, 0.1) is 0 Å². The molecule has 0 aromatic carbocycles. The van der Waals surface area contributed by atoms with Crippen molar-refractivity contribution in [1.29, 1.82) is 0 Å². The first-order valence-electron chi connectivity index (χ1n) is 10.0. The molecule has 0 fully saturated rings. The van der Waals surface area contributed by atoms with E-state index in [0.29, 0.717) is 19.8 Å². The molecule has 158 valence electrons. The van der Waals surface area contributed by atoms with Crippen LogP contribution in [-0.2, 0) is 13.3 Å².